The summed E-state index contributed by atoms with van der Waals surface area (Å²) < 4.78 is 52.3. The number of halogens is 4. The van der Waals surface area contributed by atoms with E-state index < -0.39 is 35.4 Å². The van der Waals surface area contributed by atoms with Crippen LogP contribution in [0.3, 0.4) is 0 Å². The van der Waals surface area contributed by atoms with Gasteiger partial charge in [-0.2, -0.15) is 0 Å². The Labute approximate surface area is 90.7 Å². The zero-order valence-corrected chi connectivity index (χ0v) is 8.79. The highest BCUT2D eigenvalue weighted by Gasteiger charge is 2.24. The Bertz CT molecular complexity index is 390. The number of benzene rings is 1. The van der Waals surface area contributed by atoms with Gasteiger partial charge >= 0.3 is 0 Å². The van der Waals surface area contributed by atoms with Crippen LogP contribution in [0.5, 0.6) is 0 Å². The van der Waals surface area contributed by atoms with Gasteiger partial charge in [0.25, 0.3) is 0 Å². The molecule has 0 atom stereocenters. The van der Waals surface area contributed by atoms with Crippen LogP contribution >= 0.6 is 0 Å². The lowest BCUT2D eigenvalue weighted by Gasteiger charge is -2.11. The molecule has 1 aromatic rings. The van der Waals surface area contributed by atoms with Gasteiger partial charge in [0, 0.05) is 5.56 Å². The molecule has 5 heteroatoms. The first-order chi connectivity index (χ1) is 7.54. The average Bonchev–Trinajstić information content (AvgIpc) is 2.29. The Morgan fingerprint density at radius 1 is 0.875 bits per heavy atom. The van der Waals surface area contributed by atoms with Gasteiger partial charge in [-0.3, -0.25) is 0 Å². The smallest absolute Gasteiger partial charge is 0.197 e. The molecule has 0 aliphatic heterocycles. The fraction of sp³-hybridized carbons (Fsp3) is 0.455. The van der Waals surface area contributed by atoms with Crippen molar-refractivity contribution in [2.45, 2.75) is 32.8 Å². The van der Waals surface area contributed by atoms with Gasteiger partial charge < -0.3 is 5.11 Å². The SMILES string of the molecule is CCCCc1c(F)c(F)c(F)c(F)c1CO. The average molecular weight is 236 g/mol. The van der Waals surface area contributed by atoms with E-state index in [1.165, 1.54) is 0 Å². The second-order valence-corrected chi connectivity index (χ2v) is 3.47. The monoisotopic (exact) mass is 236 g/mol. The lowest BCUT2D eigenvalue weighted by Crippen LogP contribution is -2.09. The molecule has 1 nitrogen and oxygen atoms in total. The van der Waals surface area contributed by atoms with E-state index in [4.69, 9.17) is 5.11 Å². The Balaban J connectivity index is 3.33. The maximum Gasteiger partial charge on any atom is 0.197 e. The van der Waals surface area contributed by atoms with Crippen LogP contribution in [0.2, 0.25) is 0 Å². The highest BCUT2D eigenvalue weighted by molar-refractivity contribution is 5.31. The molecule has 1 N–H and O–H groups in total. The molecule has 0 aliphatic carbocycles. The van der Waals surface area contributed by atoms with Crippen molar-refractivity contribution < 1.29 is 22.7 Å². The van der Waals surface area contributed by atoms with Crippen molar-refractivity contribution in [3.63, 3.8) is 0 Å². The lowest BCUT2D eigenvalue weighted by atomic mass is 10.0. The molecule has 0 fully saturated rings. The first kappa shape index (κ1) is 13.0. The third-order valence-electron chi connectivity index (χ3n) is 2.41. The summed E-state index contributed by atoms with van der Waals surface area (Å²) in [6, 6.07) is 0. The quantitative estimate of drug-likeness (QED) is 0.484. The summed E-state index contributed by atoms with van der Waals surface area (Å²) in [6.07, 6.45) is 1.28. The Kier molecular flexibility index (Phi) is 4.29. The maximum absolute atomic E-state index is 13.3. The highest BCUT2D eigenvalue weighted by atomic mass is 19.2. The molecule has 0 saturated heterocycles. The van der Waals surface area contributed by atoms with Crippen LogP contribution in [-0.2, 0) is 13.0 Å². The maximum atomic E-state index is 13.3. The number of aliphatic hydroxyl groups is 1. The molecule has 1 aromatic carbocycles. The van der Waals surface area contributed by atoms with Crippen LogP contribution in [0.15, 0.2) is 0 Å². The van der Waals surface area contributed by atoms with Gasteiger partial charge in [-0.1, -0.05) is 13.3 Å². The van der Waals surface area contributed by atoms with Crippen molar-refractivity contribution in [2.75, 3.05) is 0 Å². The topological polar surface area (TPSA) is 20.2 Å². The van der Waals surface area contributed by atoms with E-state index in [-0.39, 0.29) is 12.0 Å². The van der Waals surface area contributed by atoms with Crippen LogP contribution in [0.1, 0.15) is 30.9 Å². The van der Waals surface area contributed by atoms with Gasteiger partial charge in [0.15, 0.2) is 23.3 Å². The van der Waals surface area contributed by atoms with E-state index in [9.17, 15) is 17.6 Å². The van der Waals surface area contributed by atoms with E-state index in [1.807, 2.05) is 6.92 Å². The molecular weight excluding hydrogens is 224 g/mol. The van der Waals surface area contributed by atoms with Crippen LogP contribution in [-0.4, -0.2) is 5.11 Å². The summed E-state index contributed by atoms with van der Waals surface area (Å²) in [6.45, 7) is 0.978. The van der Waals surface area contributed by atoms with Crippen molar-refractivity contribution in [3.8, 4) is 0 Å². The second-order valence-electron chi connectivity index (χ2n) is 3.47. The minimum Gasteiger partial charge on any atom is -0.392 e. The molecule has 0 spiro atoms. The van der Waals surface area contributed by atoms with Crippen LogP contribution in [0, 0.1) is 23.3 Å². The lowest BCUT2D eigenvalue weighted by molar-refractivity contribution is 0.267. The zero-order valence-electron chi connectivity index (χ0n) is 8.79. The Hall–Kier alpha value is -1.10. The van der Waals surface area contributed by atoms with E-state index >= 15 is 0 Å². The molecule has 0 aromatic heterocycles. The molecule has 0 heterocycles. The molecule has 16 heavy (non-hydrogen) atoms. The van der Waals surface area contributed by atoms with E-state index in [0.29, 0.717) is 12.8 Å². The summed E-state index contributed by atoms with van der Waals surface area (Å²) in [4.78, 5) is 0. The van der Waals surface area contributed by atoms with E-state index in [1.54, 1.807) is 0 Å². The molecule has 0 bridgehead atoms. The van der Waals surface area contributed by atoms with Crippen molar-refractivity contribution >= 4 is 0 Å². The number of unbranched alkanes of at least 4 members (excludes halogenated alkanes) is 1. The molecule has 0 unspecified atom stereocenters. The standard InChI is InChI=1S/C11H12F4O/c1-2-3-4-6-7(5-16)9(13)11(15)10(14)8(6)12/h16H,2-5H2,1H3. The van der Waals surface area contributed by atoms with Gasteiger partial charge in [0.2, 0.25) is 0 Å². The number of hydrogen-bond donors (Lipinski definition) is 1. The Morgan fingerprint density at radius 2 is 1.38 bits per heavy atom. The molecule has 0 amide bonds. The van der Waals surface area contributed by atoms with Gasteiger partial charge in [-0.15, -0.1) is 0 Å². The Morgan fingerprint density at radius 3 is 1.81 bits per heavy atom. The van der Waals surface area contributed by atoms with Gasteiger partial charge in [0.05, 0.1) is 6.61 Å². The predicted octanol–water partition coefficient (Wildman–Crippen LogP) is 3.08. The van der Waals surface area contributed by atoms with Gasteiger partial charge in [0.1, 0.15) is 0 Å². The van der Waals surface area contributed by atoms with Crippen molar-refractivity contribution in [2.24, 2.45) is 0 Å². The molecule has 0 radical (unpaired) electrons. The fourth-order valence-corrected chi connectivity index (χ4v) is 1.50. The molecule has 0 saturated carbocycles. The molecule has 0 aliphatic rings. The predicted molar refractivity (Wildman–Crippen MR) is 50.8 cm³/mol. The molecular formula is C11H12F4O. The first-order valence-electron chi connectivity index (χ1n) is 4.99. The number of hydrogen-bond acceptors (Lipinski definition) is 1. The first-order valence-corrected chi connectivity index (χ1v) is 4.99. The largest absolute Gasteiger partial charge is 0.392 e. The number of aliphatic hydroxyl groups excluding tert-OH is 1. The summed E-state index contributed by atoms with van der Waals surface area (Å²) in [5.41, 5.74) is -0.773. The van der Waals surface area contributed by atoms with Crippen molar-refractivity contribution in [1.29, 1.82) is 0 Å². The molecule has 1 rings (SSSR count). The third kappa shape index (κ3) is 2.19. The fourth-order valence-electron chi connectivity index (χ4n) is 1.50. The summed E-state index contributed by atoms with van der Waals surface area (Å²) in [5, 5.41) is 8.84. The minimum atomic E-state index is -1.87. The van der Waals surface area contributed by atoms with Gasteiger partial charge in [-0.25, -0.2) is 17.6 Å². The normalized spacial score (nSPS) is 10.9. The minimum absolute atomic E-state index is 0.0757. The van der Waals surface area contributed by atoms with E-state index in [0.717, 1.165) is 0 Å². The summed E-state index contributed by atoms with van der Waals surface area (Å²) in [5.74, 6) is -6.61. The van der Waals surface area contributed by atoms with E-state index in [2.05, 4.69) is 0 Å². The van der Waals surface area contributed by atoms with Crippen LogP contribution < -0.4 is 0 Å². The summed E-state index contributed by atoms with van der Waals surface area (Å²) >= 11 is 0. The number of rotatable bonds is 4. The van der Waals surface area contributed by atoms with Gasteiger partial charge in [-0.05, 0) is 18.4 Å². The molecule has 90 valence electrons. The summed E-state index contributed by atoms with van der Waals surface area (Å²) in [7, 11) is 0. The van der Waals surface area contributed by atoms with Crippen molar-refractivity contribution in [1.82, 2.24) is 0 Å². The third-order valence-corrected chi connectivity index (χ3v) is 2.41. The van der Waals surface area contributed by atoms with Crippen LogP contribution in [0.4, 0.5) is 17.6 Å². The highest BCUT2D eigenvalue weighted by Crippen LogP contribution is 2.25. The van der Waals surface area contributed by atoms with Crippen molar-refractivity contribution in [3.05, 3.63) is 34.4 Å². The zero-order chi connectivity index (χ0) is 12.3. The second kappa shape index (κ2) is 5.30. The van der Waals surface area contributed by atoms with Crippen LogP contribution in [0.25, 0.3) is 0 Å².